The number of amides is 1. The summed E-state index contributed by atoms with van der Waals surface area (Å²) >= 11 is 0. The third kappa shape index (κ3) is 4.09. The minimum atomic E-state index is -0.140. The van der Waals surface area contributed by atoms with Crippen molar-refractivity contribution in [1.82, 2.24) is 4.90 Å². The van der Waals surface area contributed by atoms with E-state index in [1.807, 2.05) is 33.2 Å². The fraction of sp³-hybridized carbons (Fsp3) is 0.273. The number of benzene rings is 2. The summed E-state index contributed by atoms with van der Waals surface area (Å²) in [6.45, 7) is 4.42. The topological polar surface area (TPSA) is 61.4 Å². The van der Waals surface area contributed by atoms with Gasteiger partial charge in [0, 0.05) is 34.7 Å². The van der Waals surface area contributed by atoms with Crippen LogP contribution in [0.5, 0.6) is 0 Å². The van der Waals surface area contributed by atoms with Crippen LogP contribution in [0.3, 0.4) is 0 Å². The van der Waals surface area contributed by atoms with E-state index in [4.69, 9.17) is 0 Å². The van der Waals surface area contributed by atoms with Crippen molar-refractivity contribution in [2.75, 3.05) is 24.7 Å². The zero-order valence-corrected chi connectivity index (χ0v) is 16.2. The van der Waals surface area contributed by atoms with E-state index in [0.717, 1.165) is 29.2 Å². The zero-order chi connectivity index (χ0) is 19.6. The Balaban J connectivity index is 1.95. The fourth-order valence-electron chi connectivity index (χ4n) is 3.25. The van der Waals surface area contributed by atoms with Gasteiger partial charge in [0.05, 0.1) is 5.57 Å². The van der Waals surface area contributed by atoms with Crippen molar-refractivity contribution < 1.29 is 9.59 Å². The molecule has 2 aromatic rings. The molecule has 1 amide bonds. The lowest BCUT2D eigenvalue weighted by Crippen LogP contribution is -2.11. The Morgan fingerprint density at radius 1 is 1.11 bits per heavy atom. The summed E-state index contributed by atoms with van der Waals surface area (Å²) in [6, 6.07) is 13.5. The summed E-state index contributed by atoms with van der Waals surface area (Å²) in [6.07, 6.45) is 0.673. The number of hydrogen-bond acceptors (Lipinski definition) is 4. The molecule has 0 aliphatic carbocycles. The van der Waals surface area contributed by atoms with E-state index in [2.05, 4.69) is 27.7 Å². The highest BCUT2D eigenvalue weighted by molar-refractivity contribution is 6.32. The molecule has 0 fully saturated rings. The Morgan fingerprint density at radius 3 is 2.41 bits per heavy atom. The molecule has 0 atom stereocenters. The molecule has 0 saturated heterocycles. The number of anilines is 2. The van der Waals surface area contributed by atoms with E-state index in [0.29, 0.717) is 17.6 Å². The number of Topliss-reactive ketones (excluding diaryl/α,β-unsaturated/α-hetero) is 1. The minimum Gasteiger partial charge on any atom is -0.358 e. The first-order valence-corrected chi connectivity index (χ1v) is 9.09. The highest BCUT2D eigenvalue weighted by Crippen LogP contribution is 2.35. The molecule has 5 heteroatoms. The first kappa shape index (κ1) is 18.9. The standard InChI is InChI=1S/C22H25N3O2/c1-5-19(23-17-9-6-15(7-10-17)13-25(3)4)21-18-12-16(14(2)26)8-11-20(18)24-22(21)27/h6-12,23H,5,13H2,1-4H3,(H,24,27). The molecule has 1 heterocycles. The van der Waals surface area contributed by atoms with Gasteiger partial charge in [-0.25, -0.2) is 0 Å². The number of allylic oxidation sites excluding steroid dienone is 1. The highest BCUT2D eigenvalue weighted by Gasteiger charge is 2.27. The van der Waals surface area contributed by atoms with Crippen LogP contribution in [0.25, 0.3) is 5.57 Å². The number of hydrogen-bond donors (Lipinski definition) is 2. The van der Waals surface area contributed by atoms with Crippen LogP contribution in [-0.4, -0.2) is 30.7 Å². The summed E-state index contributed by atoms with van der Waals surface area (Å²) in [7, 11) is 4.08. The van der Waals surface area contributed by atoms with Gasteiger partial charge < -0.3 is 15.5 Å². The molecule has 1 aliphatic rings. The maximum absolute atomic E-state index is 12.6. The van der Waals surface area contributed by atoms with E-state index in [1.165, 1.54) is 12.5 Å². The summed E-state index contributed by atoms with van der Waals surface area (Å²) < 4.78 is 0. The van der Waals surface area contributed by atoms with Crippen LogP contribution in [0, 0.1) is 0 Å². The molecule has 2 aromatic carbocycles. The Labute approximate surface area is 160 Å². The van der Waals surface area contributed by atoms with Crippen molar-refractivity contribution in [1.29, 1.82) is 0 Å². The van der Waals surface area contributed by atoms with Gasteiger partial charge in [0.2, 0.25) is 0 Å². The fourth-order valence-corrected chi connectivity index (χ4v) is 3.25. The molecule has 0 saturated carbocycles. The minimum absolute atomic E-state index is 0.0148. The maximum Gasteiger partial charge on any atom is 0.258 e. The van der Waals surface area contributed by atoms with Gasteiger partial charge in [-0.05, 0) is 63.3 Å². The molecule has 0 bridgehead atoms. The van der Waals surface area contributed by atoms with Crippen LogP contribution in [-0.2, 0) is 11.3 Å². The molecule has 0 radical (unpaired) electrons. The van der Waals surface area contributed by atoms with Gasteiger partial charge in [-0.3, -0.25) is 9.59 Å². The molecule has 3 rings (SSSR count). The van der Waals surface area contributed by atoms with E-state index in [-0.39, 0.29) is 11.7 Å². The van der Waals surface area contributed by atoms with Crippen molar-refractivity contribution in [2.45, 2.75) is 26.8 Å². The second kappa shape index (κ2) is 7.76. The summed E-state index contributed by atoms with van der Waals surface area (Å²) in [4.78, 5) is 26.4. The van der Waals surface area contributed by atoms with Gasteiger partial charge in [0.1, 0.15) is 0 Å². The van der Waals surface area contributed by atoms with Crippen LogP contribution in [0.4, 0.5) is 11.4 Å². The second-order valence-corrected chi connectivity index (χ2v) is 7.04. The molecule has 27 heavy (non-hydrogen) atoms. The molecule has 0 unspecified atom stereocenters. The van der Waals surface area contributed by atoms with Crippen molar-refractivity contribution >= 4 is 28.6 Å². The number of fused-ring (bicyclic) bond motifs is 1. The number of carbonyl (C=O) groups excluding carboxylic acids is 2. The van der Waals surface area contributed by atoms with E-state index in [9.17, 15) is 9.59 Å². The van der Waals surface area contributed by atoms with E-state index in [1.54, 1.807) is 18.2 Å². The second-order valence-electron chi connectivity index (χ2n) is 7.04. The number of carbonyl (C=O) groups is 2. The molecule has 1 aliphatic heterocycles. The summed E-state index contributed by atoms with van der Waals surface area (Å²) in [5, 5.41) is 6.28. The Kier molecular flexibility index (Phi) is 5.42. The number of nitrogens with zero attached hydrogens (tertiary/aromatic N) is 1. The molecule has 140 valence electrons. The first-order chi connectivity index (χ1) is 12.9. The molecule has 5 nitrogen and oxygen atoms in total. The van der Waals surface area contributed by atoms with Crippen molar-refractivity contribution in [3.05, 3.63) is 64.9 Å². The first-order valence-electron chi connectivity index (χ1n) is 9.09. The number of nitrogens with one attached hydrogen (secondary N) is 2. The highest BCUT2D eigenvalue weighted by atomic mass is 16.2. The normalized spacial score (nSPS) is 14.8. The van der Waals surface area contributed by atoms with Gasteiger partial charge in [-0.15, -0.1) is 0 Å². The van der Waals surface area contributed by atoms with Crippen LogP contribution in [0.15, 0.2) is 48.2 Å². The predicted octanol–water partition coefficient (Wildman–Crippen LogP) is 4.14. The number of rotatable bonds is 6. The van der Waals surface area contributed by atoms with Gasteiger partial charge in [0.15, 0.2) is 5.78 Å². The Morgan fingerprint density at radius 2 is 1.81 bits per heavy atom. The summed E-state index contributed by atoms with van der Waals surface area (Å²) in [5.41, 5.74) is 5.74. The quantitative estimate of drug-likeness (QED) is 0.598. The summed E-state index contributed by atoms with van der Waals surface area (Å²) in [5.74, 6) is -0.154. The van der Waals surface area contributed by atoms with Crippen LogP contribution >= 0.6 is 0 Å². The molecular weight excluding hydrogens is 338 g/mol. The third-order valence-corrected chi connectivity index (χ3v) is 4.57. The van der Waals surface area contributed by atoms with Crippen LogP contribution in [0.2, 0.25) is 0 Å². The van der Waals surface area contributed by atoms with Crippen molar-refractivity contribution in [2.24, 2.45) is 0 Å². The van der Waals surface area contributed by atoms with Crippen LogP contribution in [0.1, 0.15) is 41.8 Å². The smallest absolute Gasteiger partial charge is 0.258 e. The third-order valence-electron chi connectivity index (χ3n) is 4.57. The van der Waals surface area contributed by atoms with Gasteiger partial charge in [-0.1, -0.05) is 19.1 Å². The van der Waals surface area contributed by atoms with Gasteiger partial charge in [-0.2, -0.15) is 0 Å². The molecule has 0 spiro atoms. The van der Waals surface area contributed by atoms with E-state index < -0.39 is 0 Å². The van der Waals surface area contributed by atoms with E-state index >= 15 is 0 Å². The Bertz CT molecular complexity index is 912. The largest absolute Gasteiger partial charge is 0.358 e. The van der Waals surface area contributed by atoms with Crippen molar-refractivity contribution in [3.8, 4) is 0 Å². The SMILES string of the molecule is CCC(Nc1ccc(CN(C)C)cc1)=C1C(=O)Nc2ccc(C(C)=O)cc21. The van der Waals surface area contributed by atoms with Gasteiger partial charge in [0.25, 0.3) is 5.91 Å². The van der Waals surface area contributed by atoms with Crippen molar-refractivity contribution in [3.63, 3.8) is 0 Å². The lowest BCUT2D eigenvalue weighted by Gasteiger charge is -2.14. The molecule has 0 aromatic heterocycles. The Hall–Kier alpha value is -2.92. The lowest BCUT2D eigenvalue weighted by atomic mass is 10.00. The zero-order valence-electron chi connectivity index (χ0n) is 16.2. The lowest BCUT2D eigenvalue weighted by molar-refractivity contribution is -0.110. The molecule has 2 N–H and O–H groups in total. The average molecular weight is 363 g/mol. The monoisotopic (exact) mass is 363 g/mol. The number of ketones is 1. The predicted molar refractivity (Wildman–Crippen MR) is 110 cm³/mol. The van der Waals surface area contributed by atoms with Crippen LogP contribution < -0.4 is 10.6 Å². The average Bonchev–Trinajstić information content (AvgIpc) is 2.95. The molecular formula is C22H25N3O2. The van der Waals surface area contributed by atoms with Gasteiger partial charge >= 0.3 is 0 Å². The maximum atomic E-state index is 12.6.